The molecule has 0 fully saturated rings. The molecule has 0 bridgehead atoms. The Kier molecular flexibility index (Phi) is 4.04. The maximum absolute atomic E-state index is 13.2. The largest absolute Gasteiger partial charge is 0.454 e. The van der Waals surface area contributed by atoms with E-state index in [-0.39, 0.29) is 17.3 Å². The molecule has 0 aliphatic carbocycles. The van der Waals surface area contributed by atoms with Gasteiger partial charge in [0.15, 0.2) is 11.6 Å². The van der Waals surface area contributed by atoms with Crippen molar-refractivity contribution in [1.29, 1.82) is 0 Å². The minimum absolute atomic E-state index is 0.0624. The van der Waals surface area contributed by atoms with Gasteiger partial charge in [-0.2, -0.15) is 4.39 Å². The summed E-state index contributed by atoms with van der Waals surface area (Å²) in [5.41, 5.74) is -0.186. The Bertz CT molecular complexity index is 619. The van der Waals surface area contributed by atoms with Gasteiger partial charge in [-0.1, -0.05) is 6.07 Å². The smallest absolute Gasteiger partial charge is 0.287 e. The predicted molar refractivity (Wildman–Crippen MR) is 63.4 cm³/mol. The van der Waals surface area contributed by atoms with Crippen LogP contribution in [0.5, 0.6) is 11.6 Å². The van der Waals surface area contributed by atoms with Crippen LogP contribution in [-0.4, -0.2) is 16.7 Å². The Morgan fingerprint density at radius 3 is 2.65 bits per heavy atom. The first-order valence-electron chi connectivity index (χ1n) is 5.38. The van der Waals surface area contributed by atoms with E-state index in [0.717, 1.165) is 12.3 Å². The monoisotopic (exact) mass is 282 g/mol. The van der Waals surface area contributed by atoms with Gasteiger partial charge in [0.25, 0.3) is 5.69 Å². The molecule has 0 saturated heterocycles. The number of hydrogen-bond donors (Lipinski definition) is 0. The second kappa shape index (κ2) is 5.91. The number of nitro groups is 1. The standard InChI is InChI=1S/C12H8F2N2O4/c13-9-2-1-3-10(12(9)14)19-7-20-11-5-4-8(6-15-11)16(17)18/h1-6H,7H2. The van der Waals surface area contributed by atoms with Crippen LogP contribution in [0.2, 0.25) is 0 Å². The normalized spacial score (nSPS) is 10.1. The van der Waals surface area contributed by atoms with Crippen molar-refractivity contribution in [2.75, 3.05) is 6.79 Å². The fraction of sp³-hybridized carbons (Fsp3) is 0.0833. The fourth-order valence-corrected chi connectivity index (χ4v) is 1.31. The molecule has 6 nitrogen and oxygen atoms in total. The molecule has 0 saturated carbocycles. The van der Waals surface area contributed by atoms with Gasteiger partial charge < -0.3 is 9.47 Å². The number of nitrogens with zero attached hydrogens (tertiary/aromatic N) is 2. The predicted octanol–water partition coefficient (Wildman–Crippen LogP) is 2.68. The number of halogens is 2. The second-order valence-electron chi connectivity index (χ2n) is 3.57. The molecule has 104 valence electrons. The number of rotatable bonds is 5. The Hall–Kier alpha value is -2.77. The Balaban J connectivity index is 1.92. The molecule has 0 spiro atoms. The van der Waals surface area contributed by atoms with Crippen molar-refractivity contribution in [3.8, 4) is 11.6 Å². The number of ether oxygens (including phenoxy) is 2. The van der Waals surface area contributed by atoms with Crippen LogP contribution < -0.4 is 9.47 Å². The summed E-state index contributed by atoms with van der Waals surface area (Å²) in [6, 6.07) is 5.96. The first-order valence-corrected chi connectivity index (χ1v) is 5.38. The van der Waals surface area contributed by atoms with Gasteiger partial charge in [-0.25, -0.2) is 9.37 Å². The van der Waals surface area contributed by atoms with E-state index in [9.17, 15) is 18.9 Å². The first-order chi connectivity index (χ1) is 9.58. The lowest BCUT2D eigenvalue weighted by molar-refractivity contribution is -0.385. The summed E-state index contributed by atoms with van der Waals surface area (Å²) < 4.78 is 36.0. The van der Waals surface area contributed by atoms with Crippen LogP contribution in [0.3, 0.4) is 0 Å². The van der Waals surface area contributed by atoms with Crippen LogP contribution in [0.15, 0.2) is 36.5 Å². The molecule has 1 aromatic carbocycles. The third-order valence-electron chi connectivity index (χ3n) is 2.27. The van der Waals surface area contributed by atoms with Crippen LogP contribution in [-0.2, 0) is 0 Å². The van der Waals surface area contributed by atoms with E-state index in [1.54, 1.807) is 0 Å². The van der Waals surface area contributed by atoms with E-state index in [0.29, 0.717) is 0 Å². The second-order valence-corrected chi connectivity index (χ2v) is 3.57. The Morgan fingerprint density at radius 2 is 2.00 bits per heavy atom. The molecule has 0 aliphatic heterocycles. The molecule has 0 atom stereocenters. The highest BCUT2D eigenvalue weighted by molar-refractivity contribution is 5.29. The van der Waals surface area contributed by atoms with Crippen LogP contribution in [0.25, 0.3) is 0 Å². The van der Waals surface area contributed by atoms with E-state index < -0.39 is 23.4 Å². The lowest BCUT2D eigenvalue weighted by atomic mass is 10.3. The zero-order chi connectivity index (χ0) is 14.5. The molecular weight excluding hydrogens is 274 g/mol. The van der Waals surface area contributed by atoms with Crippen LogP contribution in [0.1, 0.15) is 0 Å². The van der Waals surface area contributed by atoms with Crippen molar-refractivity contribution in [3.63, 3.8) is 0 Å². The zero-order valence-corrected chi connectivity index (χ0v) is 9.95. The van der Waals surface area contributed by atoms with Gasteiger partial charge >= 0.3 is 0 Å². The van der Waals surface area contributed by atoms with Crippen molar-refractivity contribution in [2.45, 2.75) is 0 Å². The molecule has 1 heterocycles. The number of hydrogen-bond acceptors (Lipinski definition) is 5. The SMILES string of the molecule is O=[N+]([O-])c1ccc(OCOc2cccc(F)c2F)nc1. The molecular formula is C12H8F2N2O4. The molecule has 20 heavy (non-hydrogen) atoms. The minimum Gasteiger partial charge on any atom is -0.454 e. The molecule has 0 N–H and O–H groups in total. The van der Waals surface area contributed by atoms with Crippen molar-refractivity contribution in [1.82, 2.24) is 4.98 Å². The molecule has 0 amide bonds. The highest BCUT2D eigenvalue weighted by Crippen LogP contribution is 2.19. The van der Waals surface area contributed by atoms with Gasteiger partial charge in [0.05, 0.1) is 4.92 Å². The lowest BCUT2D eigenvalue weighted by Gasteiger charge is -2.08. The zero-order valence-electron chi connectivity index (χ0n) is 9.95. The van der Waals surface area contributed by atoms with Gasteiger partial charge in [0.2, 0.25) is 18.5 Å². The van der Waals surface area contributed by atoms with Crippen molar-refractivity contribution in [3.05, 3.63) is 58.3 Å². The van der Waals surface area contributed by atoms with Gasteiger partial charge in [0, 0.05) is 12.1 Å². The Labute approximate surface area is 111 Å². The van der Waals surface area contributed by atoms with Crippen molar-refractivity contribution in [2.24, 2.45) is 0 Å². The molecule has 1 aromatic heterocycles. The average molecular weight is 282 g/mol. The molecule has 2 aromatic rings. The maximum atomic E-state index is 13.2. The minimum atomic E-state index is -1.12. The van der Waals surface area contributed by atoms with E-state index in [1.165, 1.54) is 24.3 Å². The summed E-state index contributed by atoms with van der Waals surface area (Å²) in [6.45, 7) is -0.412. The highest BCUT2D eigenvalue weighted by Gasteiger charge is 2.09. The highest BCUT2D eigenvalue weighted by atomic mass is 19.2. The summed E-state index contributed by atoms with van der Waals surface area (Å²) >= 11 is 0. The van der Waals surface area contributed by atoms with Gasteiger partial charge in [0.1, 0.15) is 6.20 Å². The average Bonchev–Trinajstić information content (AvgIpc) is 2.44. The third-order valence-corrected chi connectivity index (χ3v) is 2.27. The van der Waals surface area contributed by atoms with E-state index >= 15 is 0 Å². The summed E-state index contributed by atoms with van der Waals surface area (Å²) in [5, 5.41) is 10.4. The van der Waals surface area contributed by atoms with Crippen LogP contribution >= 0.6 is 0 Å². The van der Waals surface area contributed by atoms with E-state index in [4.69, 9.17) is 9.47 Å². The van der Waals surface area contributed by atoms with Crippen LogP contribution in [0.4, 0.5) is 14.5 Å². The molecule has 0 unspecified atom stereocenters. The maximum Gasteiger partial charge on any atom is 0.287 e. The molecule has 0 radical (unpaired) electrons. The lowest BCUT2D eigenvalue weighted by Crippen LogP contribution is -2.08. The number of benzene rings is 1. The van der Waals surface area contributed by atoms with Crippen LogP contribution in [0, 0.1) is 21.7 Å². The molecule has 8 heteroatoms. The summed E-state index contributed by atoms with van der Waals surface area (Å²) in [7, 11) is 0. The van der Waals surface area contributed by atoms with Gasteiger partial charge in [-0.05, 0) is 12.1 Å². The Morgan fingerprint density at radius 1 is 1.20 bits per heavy atom. The third kappa shape index (κ3) is 3.16. The number of aromatic nitrogens is 1. The fourth-order valence-electron chi connectivity index (χ4n) is 1.31. The van der Waals surface area contributed by atoms with E-state index in [2.05, 4.69) is 4.98 Å². The van der Waals surface area contributed by atoms with Crippen molar-refractivity contribution >= 4 is 5.69 Å². The van der Waals surface area contributed by atoms with Gasteiger partial charge in [-0.3, -0.25) is 10.1 Å². The topological polar surface area (TPSA) is 74.5 Å². The first kappa shape index (κ1) is 13.7. The van der Waals surface area contributed by atoms with Crippen molar-refractivity contribution < 1.29 is 23.2 Å². The quantitative estimate of drug-likeness (QED) is 0.479. The summed E-state index contributed by atoms with van der Waals surface area (Å²) in [5.74, 6) is -2.39. The van der Waals surface area contributed by atoms with Gasteiger partial charge in [-0.15, -0.1) is 0 Å². The number of pyridine rings is 1. The molecule has 2 rings (SSSR count). The summed E-state index contributed by atoms with van der Waals surface area (Å²) in [4.78, 5) is 13.5. The van der Waals surface area contributed by atoms with E-state index in [1.807, 2.05) is 0 Å². The summed E-state index contributed by atoms with van der Waals surface area (Å²) in [6.07, 6.45) is 1.01. The molecule has 0 aliphatic rings.